The molecule has 38 valence electrons. The van der Waals surface area contributed by atoms with Crippen molar-refractivity contribution in [1.29, 1.82) is 0 Å². The minimum Gasteiger partial charge on any atom is -0.412 e. The van der Waals surface area contributed by atoms with Gasteiger partial charge in [-0.3, -0.25) is 0 Å². The molecule has 0 radical (unpaired) electrons. The standard InChI is InChI=1S/Mg.Mo.4H2O/h;;4*1H2/q+2;;;;;. The van der Waals surface area contributed by atoms with Crippen molar-refractivity contribution in [3.63, 3.8) is 0 Å². The number of rotatable bonds is 0. The van der Waals surface area contributed by atoms with Crippen molar-refractivity contribution >= 4 is 23.1 Å². The van der Waals surface area contributed by atoms with E-state index in [0.717, 1.165) is 0 Å². The molecule has 0 aliphatic rings. The van der Waals surface area contributed by atoms with Gasteiger partial charge in [-0.25, -0.2) is 0 Å². The van der Waals surface area contributed by atoms with E-state index in [4.69, 9.17) is 0 Å². The molecule has 0 aromatic heterocycles. The molecule has 8 N–H and O–H groups in total. The van der Waals surface area contributed by atoms with Crippen LogP contribution in [0.4, 0.5) is 0 Å². The maximum atomic E-state index is 0. The quantitative estimate of drug-likeness (QED) is 0.350. The number of hydrogen-bond acceptors (Lipinski definition) is 0. The van der Waals surface area contributed by atoms with Crippen LogP contribution in [0.25, 0.3) is 0 Å². The van der Waals surface area contributed by atoms with Gasteiger partial charge < -0.3 is 21.9 Å². The van der Waals surface area contributed by atoms with Crippen molar-refractivity contribution in [2.75, 3.05) is 0 Å². The minimum absolute atomic E-state index is 0. The van der Waals surface area contributed by atoms with E-state index in [2.05, 4.69) is 0 Å². The average Bonchev–Trinajstić information content (AvgIpc) is 0. The Kier molecular flexibility index (Phi) is 3030. The van der Waals surface area contributed by atoms with E-state index in [1.807, 2.05) is 0 Å². The summed E-state index contributed by atoms with van der Waals surface area (Å²) in [5.41, 5.74) is 0. The fourth-order valence-corrected chi connectivity index (χ4v) is 0. The van der Waals surface area contributed by atoms with Crippen LogP contribution in [0, 0.1) is 0 Å². The predicted octanol–water partition coefficient (Wildman–Crippen LogP) is -3.68. The first-order valence-electron chi connectivity index (χ1n) is 0. The van der Waals surface area contributed by atoms with Crippen LogP contribution in [0.5, 0.6) is 0 Å². The van der Waals surface area contributed by atoms with Gasteiger partial charge in [-0.05, 0) is 0 Å². The van der Waals surface area contributed by atoms with E-state index in [1.54, 1.807) is 0 Å². The molecule has 0 aromatic rings. The molecule has 0 atom stereocenters. The van der Waals surface area contributed by atoms with Crippen LogP contribution >= 0.6 is 0 Å². The molecule has 0 fully saturated rings. The van der Waals surface area contributed by atoms with Crippen LogP contribution in [0.15, 0.2) is 0 Å². The van der Waals surface area contributed by atoms with Crippen LogP contribution in [0.1, 0.15) is 0 Å². The second-order valence-corrected chi connectivity index (χ2v) is 0. The monoisotopic (exact) mass is 194 g/mol. The fraction of sp³-hybridized carbons (Fsp3) is 0. The average molecular weight is 192 g/mol. The number of hydrogen-bond donors (Lipinski definition) is 0. The summed E-state index contributed by atoms with van der Waals surface area (Å²) in [6.45, 7) is 0. The SMILES string of the molecule is O.O.O.O.[Mg+2].[Mo]. The molecule has 4 nitrogen and oxygen atoms in total. The molecule has 0 rings (SSSR count). The topological polar surface area (TPSA) is 126 Å². The summed E-state index contributed by atoms with van der Waals surface area (Å²) >= 11 is 0. The molecule has 0 aromatic carbocycles. The Balaban J connectivity index is 0. The van der Waals surface area contributed by atoms with Crippen LogP contribution < -0.4 is 0 Å². The first kappa shape index (κ1) is 172. The van der Waals surface area contributed by atoms with E-state index in [9.17, 15) is 0 Å². The zero-order chi connectivity index (χ0) is 0. The summed E-state index contributed by atoms with van der Waals surface area (Å²) in [6, 6.07) is 0. The van der Waals surface area contributed by atoms with Gasteiger partial charge in [0.15, 0.2) is 0 Å². The molecule has 0 amide bonds. The molecular formula is H8MgMoO4+2. The van der Waals surface area contributed by atoms with Gasteiger partial charge in [0.2, 0.25) is 0 Å². The molecule has 0 saturated carbocycles. The Morgan fingerprint density at radius 1 is 0.500 bits per heavy atom. The van der Waals surface area contributed by atoms with Gasteiger partial charge in [0.05, 0.1) is 0 Å². The van der Waals surface area contributed by atoms with Crippen molar-refractivity contribution in [3.05, 3.63) is 0 Å². The second-order valence-electron chi connectivity index (χ2n) is 0. The summed E-state index contributed by atoms with van der Waals surface area (Å²) in [7, 11) is 0. The maximum absolute atomic E-state index is 0. The molecule has 0 aliphatic carbocycles. The molecule has 0 bridgehead atoms. The second kappa shape index (κ2) is 105. The van der Waals surface area contributed by atoms with Gasteiger partial charge in [-0.1, -0.05) is 0 Å². The molecule has 0 saturated heterocycles. The van der Waals surface area contributed by atoms with Crippen molar-refractivity contribution in [1.82, 2.24) is 0 Å². The first-order valence-corrected chi connectivity index (χ1v) is 0. The minimum atomic E-state index is 0. The Morgan fingerprint density at radius 3 is 0.500 bits per heavy atom. The van der Waals surface area contributed by atoms with E-state index in [0.29, 0.717) is 0 Å². The third-order valence-electron chi connectivity index (χ3n) is 0. The third-order valence-corrected chi connectivity index (χ3v) is 0. The van der Waals surface area contributed by atoms with Gasteiger partial charge in [0.25, 0.3) is 0 Å². The zero-order valence-electron chi connectivity index (χ0n) is 3.12. The molecule has 6 heavy (non-hydrogen) atoms. The Morgan fingerprint density at radius 2 is 0.500 bits per heavy atom. The van der Waals surface area contributed by atoms with E-state index in [1.165, 1.54) is 0 Å². The summed E-state index contributed by atoms with van der Waals surface area (Å²) in [6.07, 6.45) is 0. The first-order chi connectivity index (χ1) is 0. The van der Waals surface area contributed by atoms with Crippen molar-refractivity contribution in [2.24, 2.45) is 0 Å². The molecule has 6 heteroatoms. The van der Waals surface area contributed by atoms with Crippen LogP contribution in [-0.2, 0) is 21.1 Å². The Labute approximate surface area is 65.9 Å². The molecule has 0 spiro atoms. The molecule has 0 heterocycles. The molecular weight excluding hydrogens is 184 g/mol. The fourth-order valence-electron chi connectivity index (χ4n) is 0. The van der Waals surface area contributed by atoms with E-state index >= 15 is 0 Å². The van der Waals surface area contributed by atoms with Gasteiger partial charge in [-0.2, -0.15) is 0 Å². The van der Waals surface area contributed by atoms with Crippen LogP contribution in [-0.4, -0.2) is 45.0 Å². The normalized spacial score (nSPS) is 0. The van der Waals surface area contributed by atoms with Crippen molar-refractivity contribution in [3.8, 4) is 0 Å². The largest absolute Gasteiger partial charge is 2.00 e. The summed E-state index contributed by atoms with van der Waals surface area (Å²) < 4.78 is 0. The van der Waals surface area contributed by atoms with Crippen LogP contribution in [0.2, 0.25) is 0 Å². The van der Waals surface area contributed by atoms with Crippen molar-refractivity contribution < 1.29 is 43.0 Å². The van der Waals surface area contributed by atoms with Crippen molar-refractivity contribution in [2.45, 2.75) is 0 Å². The Hall–Kier alpha value is 1.29. The van der Waals surface area contributed by atoms with E-state index < -0.39 is 0 Å². The van der Waals surface area contributed by atoms with Gasteiger partial charge in [-0.15, -0.1) is 0 Å². The van der Waals surface area contributed by atoms with E-state index in [-0.39, 0.29) is 66.0 Å². The Bertz CT molecular complexity index is 7.51. The van der Waals surface area contributed by atoms with Gasteiger partial charge in [0.1, 0.15) is 0 Å². The summed E-state index contributed by atoms with van der Waals surface area (Å²) in [4.78, 5) is 0. The maximum Gasteiger partial charge on any atom is 2.00 e. The van der Waals surface area contributed by atoms with Crippen LogP contribution in [0.3, 0.4) is 0 Å². The van der Waals surface area contributed by atoms with Gasteiger partial charge in [0, 0.05) is 21.1 Å². The third kappa shape index (κ3) is 58.3. The smallest absolute Gasteiger partial charge is 0.412 e. The zero-order valence-corrected chi connectivity index (χ0v) is 6.54. The predicted molar refractivity (Wildman–Crippen MR) is 20.2 cm³/mol. The summed E-state index contributed by atoms with van der Waals surface area (Å²) in [5, 5.41) is 0. The summed E-state index contributed by atoms with van der Waals surface area (Å²) in [5.74, 6) is 0. The molecule has 0 unspecified atom stereocenters. The van der Waals surface area contributed by atoms with Gasteiger partial charge >= 0.3 is 23.1 Å². The molecule has 0 aliphatic heterocycles.